The molecule has 3 rings (SSSR count). The standard InChI is InChI=1S/C12H16N2O4S/c13-9-3-4-14(8-9)19(15,16)10-1-2-11-12(7-10)18-6-5-17-11/h1-2,7,9H,3-6,8,13H2. The Bertz CT molecular complexity index is 587. The molecule has 0 saturated carbocycles. The third-order valence-corrected chi connectivity index (χ3v) is 5.20. The van der Waals surface area contributed by atoms with Crippen LogP contribution in [-0.4, -0.2) is 45.1 Å². The number of fused-ring (bicyclic) bond motifs is 1. The number of nitrogens with zero attached hydrogens (tertiary/aromatic N) is 1. The quantitative estimate of drug-likeness (QED) is 0.837. The van der Waals surface area contributed by atoms with E-state index in [4.69, 9.17) is 15.2 Å². The smallest absolute Gasteiger partial charge is 0.243 e. The molecule has 2 N–H and O–H groups in total. The van der Waals surface area contributed by atoms with Crippen molar-refractivity contribution in [2.75, 3.05) is 26.3 Å². The van der Waals surface area contributed by atoms with Gasteiger partial charge in [-0.1, -0.05) is 0 Å². The second kappa shape index (κ2) is 4.66. The van der Waals surface area contributed by atoms with Gasteiger partial charge in [-0.3, -0.25) is 0 Å². The summed E-state index contributed by atoms with van der Waals surface area (Å²) in [5, 5.41) is 0. The van der Waals surface area contributed by atoms with Crippen LogP contribution in [0.15, 0.2) is 23.1 Å². The van der Waals surface area contributed by atoms with Crippen molar-refractivity contribution in [2.24, 2.45) is 5.73 Å². The van der Waals surface area contributed by atoms with Crippen molar-refractivity contribution >= 4 is 10.0 Å². The highest BCUT2D eigenvalue weighted by atomic mass is 32.2. The predicted octanol–water partition coefficient (Wildman–Crippen LogP) is 0.179. The average molecular weight is 284 g/mol. The van der Waals surface area contributed by atoms with Gasteiger partial charge in [0.2, 0.25) is 10.0 Å². The summed E-state index contributed by atoms with van der Waals surface area (Å²) in [7, 11) is -3.49. The van der Waals surface area contributed by atoms with Crippen molar-refractivity contribution in [3.8, 4) is 11.5 Å². The summed E-state index contributed by atoms with van der Waals surface area (Å²) in [4.78, 5) is 0.228. The molecule has 0 amide bonds. The van der Waals surface area contributed by atoms with Gasteiger partial charge < -0.3 is 15.2 Å². The maximum atomic E-state index is 12.4. The molecule has 2 aliphatic rings. The lowest BCUT2D eigenvalue weighted by atomic mass is 10.3. The molecule has 0 aromatic heterocycles. The Kier molecular flexibility index (Phi) is 3.12. The number of benzene rings is 1. The van der Waals surface area contributed by atoms with Crippen molar-refractivity contribution in [3.05, 3.63) is 18.2 Å². The molecule has 0 radical (unpaired) electrons. The Balaban J connectivity index is 1.93. The summed E-state index contributed by atoms with van der Waals surface area (Å²) >= 11 is 0. The first-order chi connectivity index (χ1) is 9.07. The summed E-state index contributed by atoms with van der Waals surface area (Å²) in [5.41, 5.74) is 5.76. The average Bonchev–Trinajstić information content (AvgIpc) is 2.85. The zero-order valence-electron chi connectivity index (χ0n) is 10.4. The van der Waals surface area contributed by atoms with Crippen LogP contribution in [0.3, 0.4) is 0 Å². The first-order valence-electron chi connectivity index (χ1n) is 6.23. The molecule has 2 heterocycles. The Labute approximate surface area is 112 Å². The minimum atomic E-state index is -3.49. The van der Waals surface area contributed by atoms with Gasteiger partial charge in [0.25, 0.3) is 0 Å². The van der Waals surface area contributed by atoms with Gasteiger partial charge in [0, 0.05) is 25.2 Å². The van der Waals surface area contributed by atoms with Crippen molar-refractivity contribution < 1.29 is 17.9 Å². The number of hydrogen-bond donors (Lipinski definition) is 1. The van der Waals surface area contributed by atoms with Crippen LogP contribution in [0.4, 0.5) is 0 Å². The molecule has 1 fully saturated rings. The molecular weight excluding hydrogens is 268 g/mol. The molecule has 0 aliphatic carbocycles. The fraction of sp³-hybridized carbons (Fsp3) is 0.500. The maximum Gasteiger partial charge on any atom is 0.243 e. The largest absolute Gasteiger partial charge is 0.486 e. The number of rotatable bonds is 2. The number of ether oxygens (including phenoxy) is 2. The highest BCUT2D eigenvalue weighted by Crippen LogP contribution is 2.33. The predicted molar refractivity (Wildman–Crippen MR) is 68.8 cm³/mol. The van der Waals surface area contributed by atoms with E-state index in [-0.39, 0.29) is 10.9 Å². The minimum absolute atomic E-state index is 0.0769. The van der Waals surface area contributed by atoms with Gasteiger partial charge in [-0.25, -0.2) is 8.42 Å². The van der Waals surface area contributed by atoms with E-state index < -0.39 is 10.0 Å². The van der Waals surface area contributed by atoms with Crippen molar-refractivity contribution in [3.63, 3.8) is 0 Å². The van der Waals surface area contributed by atoms with Gasteiger partial charge in [-0.05, 0) is 18.6 Å². The highest BCUT2D eigenvalue weighted by Gasteiger charge is 2.31. The number of hydrogen-bond acceptors (Lipinski definition) is 5. The number of nitrogens with two attached hydrogens (primary N) is 1. The molecule has 7 heteroatoms. The highest BCUT2D eigenvalue weighted by molar-refractivity contribution is 7.89. The minimum Gasteiger partial charge on any atom is -0.486 e. The van der Waals surface area contributed by atoms with Crippen LogP contribution in [0, 0.1) is 0 Å². The Morgan fingerprint density at radius 3 is 2.63 bits per heavy atom. The third-order valence-electron chi connectivity index (χ3n) is 3.34. The maximum absolute atomic E-state index is 12.4. The molecule has 1 saturated heterocycles. The summed E-state index contributed by atoms with van der Waals surface area (Å²) in [5.74, 6) is 1.07. The molecule has 1 atom stereocenters. The lowest BCUT2D eigenvalue weighted by Gasteiger charge is -2.20. The van der Waals surface area contributed by atoms with E-state index in [2.05, 4.69) is 0 Å². The van der Waals surface area contributed by atoms with Crippen molar-refractivity contribution in [1.82, 2.24) is 4.31 Å². The van der Waals surface area contributed by atoms with Crippen LogP contribution in [0.1, 0.15) is 6.42 Å². The molecule has 1 unspecified atom stereocenters. The zero-order chi connectivity index (χ0) is 13.5. The van der Waals surface area contributed by atoms with E-state index in [0.29, 0.717) is 44.2 Å². The summed E-state index contributed by atoms with van der Waals surface area (Å²) < 4.78 is 37.1. The van der Waals surface area contributed by atoms with E-state index in [9.17, 15) is 8.42 Å². The summed E-state index contributed by atoms with van der Waals surface area (Å²) in [6.45, 7) is 1.76. The van der Waals surface area contributed by atoms with Crippen molar-refractivity contribution in [1.29, 1.82) is 0 Å². The molecule has 1 aromatic carbocycles. The van der Waals surface area contributed by atoms with E-state index >= 15 is 0 Å². The fourth-order valence-corrected chi connectivity index (χ4v) is 3.83. The van der Waals surface area contributed by atoms with E-state index in [0.717, 1.165) is 0 Å². The fourth-order valence-electron chi connectivity index (χ4n) is 2.31. The Morgan fingerprint density at radius 1 is 1.21 bits per heavy atom. The molecule has 6 nitrogen and oxygen atoms in total. The van der Waals surface area contributed by atoms with Gasteiger partial charge in [-0.15, -0.1) is 0 Å². The van der Waals surface area contributed by atoms with Gasteiger partial charge in [-0.2, -0.15) is 4.31 Å². The van der Waals surface area contributed by atoms with E-state index in [1.54, 1.807) is 12.1 Å². The SMILES string of the molecule is NC1CCN(S(=O)(=O)c2ccc3c(c2)OCCO3)C1. The molecule has 19 heavy (non-hydrogen) atoms. The molecule has 0 spiro atoms. The zero-order valence-corrected chi connectivity index (χ0v) is 11.2. The van der Waals surface area contributed by atoms with Gasteiger partial charge in [0.05, 0.1) is 4.90 Å². The first-order valence-corrected chi connectivity index (χ1v) is 7.67. The van der Waals surface area contributed by atoms with Gasteiger partial charge in [0.15, 0.2) is 11.5 Å². The molecular formula is C12H16N2O4S. The first kappa shape index (κ1) is 12.7. The Hall–Kier alpha value is -1.31. The van der Waals surface area contributed by atoms with Crippen LogP contribution in [0.2, 0.25) is 0 Å². The monoisotopic (exact) mass is 284 g/mol. The third kappa shape index (κ3) is 2.29. The second-order valence-corrected chi connectivity index (χ2v) is 6.66. The van der Waals surface area contributed by atoms with E-state index in [1.165, 1.54) is 10.4 Å². The van der Waals surface area contributed by atoms with Crippen molar-refractivity contribution in [2.45, 2.75) is 17.4 Å². The van der Waals surface area contributed by atoms with Crippen LogP contribution in [0.5, 0.6) is 11.5 Å². The molecule has 0 bridgehead atoms. The van der Waals surface area contributed by atoms with Crippen LogP contribution >= 0.6 is 0 Å². The molecule has 104 valence electrons. The molecule has 2 aliphatic heterocycles. The lowest BCUT2D eigenvalue weighted by molar-refractivity contribution is 0.171. The van der Waals surface area contributed by atoms with Gasteiger partial charge in [0.1, 0.15) is 13.2 Å². The second-order valence-electron chi connectivity index (χ2n) is 4.72. The molecule has 1 aromatic rings. The normalized spacial score (nSPS) is 23.5. The van der Waals surface area contributed by atoms with Crippen LogP contribution in [0.25, 0.3) is 0 Å². The number of sulfonamides is 1. The summed E-state index contributed by atoms with van der Waals surface area (Å²) in [6, 6.07) is 4.63. The summed E-state index contributed by atoms with van der Waals surface area (Å²) in [6.07, 6.45) is 0.698. The lowest BCUT2D eigenvalue weighted by Crippen LogP contribution is -2.32. The topological polar surface area (TPSA) is 81.9 Å². The van der Waals surface area contributed by atoms with E-state index in [1.807, 2.05) is 0 Å². The van der Waals surface area contributed by atoms with Gasteiger partial charge >= 0.3 is 0 Å². The Morgan fingerprint density at radius 2 is 1.95 bits per heavy atom. The van der Waals surface area contributed by atoms with Crippen LogP contribution < -0.4 is 15.2 Å². The van der Waals surface area contributed by atoms with Crippen LogP contribution in [-0.2, 0) is 10.0 Å².